The molecule has 578 valence electrons. The molecule has 123 heavy (non-hydrogen) atoms. The second kappa shape index (κ2) is 31.2. The zero-order valence-corrected chi connectivity index (χ0v) is 68.4. The average molecular weight is 1570 g/mol. The summed E-state index contributed by atoms with van der Waals surface area (Å²) in [5.74, 6) is 0. The van der Waals surface area contributed by atoms with E-state index in [0.29, 0.717) is 0 Å². The number of hydrogen-bond acceptors (Lipinski definition) is 2. The fourth-order valence-corrected chi connectivity index (χ4v) is 19.7. The first-order chi connectivity index (χ1) is 60.8. The summed E-state index contributed by atoms with van der Waals surface area (Å²) in [4.78, 5) is 4.76. The number of hydrogen-bond donors (Lipinski definition) is 0. The van der Waals surface area contributed by atoms with Crippen LogP contribution in [0.5, 0.6) is 0 Å². The predicted molar refractivity (Wildman–Crippen MR) is 526 cm³/mol. The highest BCUT2D eigenvalue weighted by Gasteiger charge is 2.36. The summed E-state index contributed by atoms with van der Waals surface area (Å²) in [7, 11) is 0. The van der Waals surface area contributed by atoms with E-state index in [1.807, 2.05) is 0 Å². The van der Waals surface area contributed by atoms with Gasteiger partial charge < -0.3 is 9.80 Å². The zero-order valence-electron chi connectivity index (χ0n) is 68.4. The smallest absolute Gasteiger partial charge is 0.0540 e. The largest absolute Gasteiger partial charge is 0.310 e. The van der Waals surface area contributed by atoms with Gasteiger partial charge in [-0.15, -0.1) is 0 Å². The third kappa shape index (κ3) is 13.1. The molecule has 2 heteroatoms. The molecule has 0 aliphatic heterocycles. The highest BCUT2D eigenvalue weighted by molar-refractivity contribution is 6.35. The normalized spacial score (nSPS) is 12.0. The lowest BCUT2D eigenvalue weighted by atomic mass is 9.81. The predicted octanol–water partition coefficient (Wildman–Crippen LogP) is 34.0. The quantitative estimate of drug-likeness (QED) is 0.100. The summed E-state index contributed by atoms with van der Waals surface area (Å²) in [6, 6.07) is 173. The van der Waals surface area contributed by atoms with Gasteiger partial charge in [-0.3, -0.25) is 0 Å². The molecule has 1 aliphatic rings. The molecule has 0 bridgehead atoms. The maximum atomic E-state index is 2.44. The standard InChI is InChI=1S/C63H45N.C58H39N/c1-63(2)58-30-18-17-28-51(58)52-38-36-49(40-59(52)63)64(47-25-13-6-14-26-47)48-34-31-42(32-35-48)46-33-37-54-57(39-46)50-27-15-16-29-53(50)61-56(44-21-9-4-10-22-44)41-55(43-19-7-3-8-20-43)60(62(54)61)45-23-11-5-12-24-45;1-5-18-42(19-6-1)52-39-53(43-20-7-2-8-21-43)57-50-30-16-15-29-49(50)54-38-45(34-37-51(54)58(57)56(52)44-23-9-3-10-24-44)40-32-35-47(36-33-40)59(46-26-11-4-12-27-46)55-31-17-25-41-22-13-14-28-48(41)55/h3-41H,1-2H3;1-39H. The summed E-state index contributed by atoms with van der Waals surface area (Å²) in [5, 5.41) is 17.6. The van der Waals surface area contributed by atoms with Crippen LogP contribution in [0.1, 0.15) is 25.0 Å². The Labute approximate surface area is 718 Å². The number of rotatable bonds is 14. The van der Waals surface area contributed by atoms with Gasteiger partial charge in [-0.2, -0.15) is 0 Å². The van der Waals surface area contributed by atoms with Crippen molar-refractivity contribution in [3.8, 4) is 100 Å². The Morgan fingerprint density at radius 1 is 0.163 bits per heavy atom. The minimum atomic E-state index is -0.0895. The van der Waals surface area contributed by atoms with E-state index in [1.54, 1.807) is 0 Å². The Balaban J connectivity index is 0.000000147. The van der Waals surface area contributed by atoms with Crippen LogP contribution in [0.15, 0.2) is 473 Å². The molecular formula is C121H84N2. The second-order valence-electron chi connectivity index (χ2n) is 32.8. The van der Waals surface area contributed by atoms with Gasteiger partial charge in [-0.25, -0.2) is 0 Å². The van der Waals surface area contributed by atoms with Crippen molar-refractivity contribution in [1.29, 1.82) is 0 Å². The molecule has 0 fully saturated rings. The van der Waals surface area contributed by atoms with Crippen LogP contribution in [0.25, 0.3) is 176 Å². The summed E-state index contributed by atoms with van der Waals surface area (Å²) in [6.07, 6.45) is 0. The molecule has 22 aromatic rings. The maximum Gasteiger partial charge on any atom is 0.0540 e. The van der Waals surface area contributed by atoms with Gasteiger partial charge in [-0.05, 0) is 272 Å². The monoisotopic (exact) mass is 1560 g/mol. The van der Waals surface area contributed by atoms with Crippen molar-refractivity contribution in [3.05, 3.63) is 484 Å². The van der Waals surface area contributed by atoms with E-state index >= 15 is 0 Å². The first-order valence-corrected chi connectivity index (χ1v) is 42.7. The molecule has 0 N–H and O–H groups in total. The van der Waals surface area contributed by atoms with E-state index in [1.165, 1.54) is 187 Å². The first-order valence-electron chi connectivity index (χ1n) is 42.7. The van der Waals surface area contributed by atoms with Crippen molar-refractivity contribution in [3.63, 3.8) is 0 Å². The van der Waals surface area contributed by atoms with Crippen LogP contribution in [-0.4, -0.2) is 0 Å². The van der Waals surface area contributed by atoms with Gasteiger partial charge in [0.2, 0.25) is 0 Å². The summed E-state index contributed by atoms with van der Waals surface area (Å²) >= 11 is 0. The Bertz CT molecular complexity index is 7740. The Hall–Kier alpha value is -15.7. The van der Waals surface area contributed by atoms with Gasteiger partial charge in [0.1, 0.15) is 0 Å². The fraction of sp³-hybridized carbons (Fsp3) is 0.0248. The van der Waals surface area contributed by atoms with Crippen LogP contribution in [-0.2, 0) is 5.41 Å². The molecule has 2 nitrogen and oxygen atoms in total. The molecule has 0 aromatic heterocycles. The molecule has 0 spiro atoms. The van der Waals surface area contributed by atoms with E-state index in [2.05, 4.69) is 497 Å². The molecule has 0 atom stereocenters. The summed E-state index contributed by atoms with van der Waals surface area (Å²) < 4.78 is 0. The maximum absolute atomic E-state index is 2.44. The number of fused-ring (bicyclic) bond motifs is 16. The molecule has 0 heterocycles. The van der Waals surface area contributed by atoms with Crippen molar-refractivity contribution in [2.24, 2.45) is 0 Å². The highest BCUT2D eigenvalue weighted by Crippen LogP contribution is 2.55. The van der Waals surface area contributed by atoms with Gasteiger partial charge >= 0.3 is 0 Å². The van der Waals surface area contributed by atoms with E-state index < -0.39 is 0 Å². The van der Waals surface area contributed by atoms with E-state index in [-0.39, 0.29) is 5.41 Å². The topological polar surface area (TPSA) is 6.48 Å². The Morgan fingerprint density at radius 2 is 0.488 bits per heavy atom. The minimum Gasteiger partial charge on any atom is -0.310 e. The number of benzene rings is 22. The third-order valence-corrected chi connectivity index (χ3v) is 25.4. The van der Waals surface area contributed by atoms with Gasteiger partial charge in [0, 0.05) is 39.2 Å². The van der Waals surface area contributed by atoms with Crippen molar-refractivity contribution < 1.29 is 0 Å². The van der Waals surface area contributed by atoms with Gasteiger partial charge in [0.25, 0.3) is 0 Å². The van der Waals surface area contributed by atoms with Crippen LogP contribution >= 0.6 is 0 Å². The molecule has 0 unspecified atom stereocenters. The van der Waals surface area contributed by atoms with Crippen molar-refractivity contribution >= 4 is 110 Å². The van der Waals surface area contributed by atoms with E-state index in [0.717, 1.165) is 34.1 Å². The summed E-state index contributed by atoms with van der Waals surface area (Å²) in [6.45, 7) is 4.71. The second-order valence-corrected chi connectivity index (χ2v) is 32.8. The fourth-order valence-electron chi connectivity index (χ4n) is 19.7. The summed E-state index contributed by atoms with van der Waals surface area (Å²) in [5.41, 5.74) is 31.6. The number of anilines is 6. The Kier molecular flexibility index (Phi) is 18.7. The minimum absolute atomic E-state index is 0.0895. The Morgan fingerprint density at radius 3 is 0.951 bits per heavy atom. The van der Waals surface area contributed by atoms with Crippen molar-refractivity contribution in [1.82, 2.24) is 0 Å². The van der Waals surface area contributed by atoms with Gasteiger partial charge in [-0.1, -0.05) is 396 Å². The molecule has 0 radical (unpaired) electrons. The van der Waals surface area contributed by atoms with Crippen LogP contribution in [0.4, 0.5) is 34.1 Å². The van der Waals surface area contributed by atoms with Crippen LogP contribution in [0, 0.1) is 0 Å². The lowest BCUT2D eigenvalue weighted by Crippen LogP contribution is -2.16. The number of nitrogens with zero attached hydrogens (tertiary/aromatic N) is 2. The molecule has 23 rings (SSSR count). The molecule has 22 aromatic carbocycles. The molecule has 0 saturated carbocycles. The van der Waals surface area contributed by atoms with Crippen LogP contribution in [0.3, 0.4) is 0 Å². The zero-order chi connectivity index (χ0) is 81.9. The lowest BCUT2D eigenvalue weighted by Gasteiger charge is -2.28. The van der Waals surface area contributed by atoms with E-state index in [9.17, 15) is 0 Å². The molecule has 0 saturated heterocycles. The third-order valence-electron chi connectivity index (χ3n) is 25.4. The van der Waals surface area contributed by atoms with Crippen LogP contribution in [0.2, 0.25) is 0 Å². The lowest BCUT2D eigenvalue weighted by molar-refractivity contribution is 0.660. The molecular weight excluding hydrogens is 1480 g/mol. The van der Waals surface area contributed by atoms with Crippen molar-refractivity contribution in [2.45, 2.75) is 19.3 Å². The highest BCUT2D eigenvalue weighted by atomic mass is 15.1. The van der Waals surface area contributed by atoms with E-state index in [4.69, 9.17) is 0 Å². The molecule has 0 amide bonds. The van der Waals surface area contributed by atoms with Gasteiger partial charge in [0.05, 0.1) is 5.69 Å². The van der Waals surface area contributed by atoms with Gasteiger partial charge in [0.15, 0.2) is 0 Å². The first kappa shape index (κ1) is 73.6. The number of para-hydroxylation sites is 2. The van der Waals surface area contributed by atoms with Crippen molar-refractivity contribution in [2.75, 3.05) is 9.80 Å². The average Bonchev–Trinajstić information content (AvgIpc) is 1.45. The SMILES string of the molecule is CC1(C)c2ccccc2-c2ccc(N(c3ccccc3)c3ccc(-c4ccc5c(c4)c4ccccc4c4c(-c6ccccc6)cc(-c6ccccc6)c(-c6ccccc6)c54)cc3)cc21.c1ccc(-c2cc(-c3ccccc3)c3c4ccccc4c4cc(-c5ccc(N(c6ccccc6)c6cccc7ccccc67)cc5)ccc4c3c2-c2ccccc2)cc1. The molecule has 1 aliphatic carbocycles. The van der Waals surface area contributed by atoms with Crippen LogP contribution < -0.4 is 9.80 Å².